The van der Waals surface area contributed by atoms with Crippen molar-refractivity contribution in [3.8, 4) is 0 Å². The van der Waals surface area contributed by atoms with Crippen LogP contribution < -0.4 is 5.56 Å². The Kier molecular flexibility index (Phi) is 1.60. The topological polar surface area (TPSA) is 98.2 Å². The Balaban J connectivity index is 2.96. The van der Waals surface area contributed by atoms with Gasteiger partial charge in [0, 0.05) is 7.05 Å². The second-order valence-electron chi connectivity index (χ2n) is 2.68. The highest BCUT2D eigenvalue weighted by Crippen LogP contribution is 2.10. The predicted molar refractivity (Wildman–Crippen MR) is 44.0 cm³/mol. The molecule has 0 aliphatic carbocycles. The fraction of sp³-hybridized carbons (Fsp3) is 0.143. The minimum absolute atomic E-state index is 0.0644. The molecule has 0 atom stereocenters. The highest BCUT2D eigenvalue weighted by atomic mass is 16.5. The van der Waals surface area contributed by atoms with Gasteiger partial charge in [0.1, 0.15) is 11.7 Å². The Morgan fingerprint density at radius 3 is 3.00 bits per heavy atom. The molecule has 0 spiro atoms. The first kappa shape index (κ1) is 8.42. The molecule has 2 rings (SSSR count). The maximum Gasteiger partial charge on any atom is 0.359 e. The lowest BCUT2D eigenvalue weighted by Gasteiger charge is -1.93. The number of hydrogen-bond donors (Lipinski definition) is 1. The van der Waals surface area contributed by atoms with Crippen molar-refractivity contribution in [3.05, 3.63) is 22.4 Å². The van der Waals surface area contributed by atoms with Gasteiger partial charge in [-0.1, -0.05) is 5.16 Å². The molecule has 2 aromatic rings. The fourth-order valence-electron chi connectivity index (χ4n) is 1.08. The molecule has 0 saturated carbocycles. The van der Waals surface area contributed by atoms with Gasteiger partial charge in [0.25, 0.3) is 11.3 Å². The largest absolute Gasteiger partial charge is 0.476 e. The summed E-state index contributed by atoms with van der Waals surface area (Å²) >= 11 is 0. The van der Waals surface area contributed by atoms with Crippen molar-refractivity contribution in [2.24, 2.45) is 7.05 Å². The molecule has 2 aromatic heterocycles. The minimum Gasteiger partial charge on any atom is -0.476 e. The van der Waals surface area contributed by atoms with Crippen molar-refractivity contribution < 1.29 is 14.4 Å². The molecule has 1 N–H and O–H groups in total. The standard InChI is InChI=1S/C7H5N3O4/c1-10-2-8-5-3(6(10)11)4(7(12)13)9-14-5/h2H,1H3,(H,12,13). The van der Waals surface area contributed by atoms with Gasteiger partial charge in [0.2, 0.25) is 5.69 Å². The lowest BCUT2D eigenvalue weighted by Crippen LogP contribution is -2.18. The number of aromatic carboxylic acids is 1. The number of carbonyl (C=O) groups is 1. The van der Waals surface area contributed by atoms with E-state index in [9.17, 15) is 9.59 Å². The zero-order chi connectivity index (χ0) is 10.3. The summed E-state index contributed by atoms with van der Waals surface area (Å²) in [6, 6.07) is 0. The van der Waals surface area contributed by atoms with Crippen LogP contribution >= 0.6 is 0 Å². The van der Waals surface area contributed by atoms with Crippen LogP contribution in [0.1, 0.15) is 10.5 Å². The highest BCUT2D eigenvalue weighted by molar-refractivity contribution is 5.98. The summed E-state index contributed by atoms with van der Waals surface area (Å²) in [6.45, 7) is 0. The van der Waals surface area contributed by atoms with Crippen molar-refractivity contribution >= 4 is 17.1 Å². The van der Waals surface area contributed by atoms with E-state index in [1.165, 1.54) is 13.4 Å². The molecule has 14 heavy (non-hydrogen) atoms. The number of carboxylic acids is 1. The maximum atomic E-state index is 11.5. The van der Waals surface area contributed by atoms with Gasteiger partial charge in [-0.15, -0.1) is 0 Å². The SMILES string of the molecule is Cn1cnc2onc(C(=O)O)c2c1=O. The van der Waals surface area contributed by atoms with Crippen LogP contribution in [0.3, 0.4) is 0 Å². The lowest BCUT2D eigenvalue weighted by atomic mass is 10.3. The van der Waals surface area contributed by atoms with Gasteiger partial charge < -0.3 is 14.2 Å². The molecule has 0 radical (unpaired) electrons. The first-order chi connectivity index (χ1) is 6.61. The number of hydrogen-bond acceptors (Lipinski definition) is 5. The zero-order valence-electron chi connectivity index (χ0n) is 7.09. The van der Waals surface area contributed by atoms with E-state index in [0.717, 1.165) is 4.57 Å². The molecular formula is C7H5N3O4. The van der Waals surface area contributed by atoms with Gasteiger partial charge in [-0.25, -0.2) is 9.78 Å². The Hall–Kier alpha value is -2.18. The van der Waals surface area contributed by atoms with Crippen LogP contribution in [-0.4, -0.2) is 25.8 Å². The van der Waals surface area contributed by atoms with Gasteiger partial charge in [-0.3, -0.25) is 4.79 Å². The normalized spacial score (nSPS) is 10.6. The second kappa shape index (κ2) is 2.66. The maximum absolute atomic E-state index is 11.5. The van der Waals surface area contributed by atoms with E-state index in [4.69, 9.17) is 5.11 Å². The van der Waals surface area contributed by atoms with Crippen LogP contribution in [0.15, 0.2) is 15.6 Å². The molecule has 0 aliphatic heterocycles. The summed E-state index contributed by atoms with van der Waals surface area (Å²) < 4.78 is 5.75. The Morgan fingerprint density at radius 1 is 1.64 bits per heavy atom. The number of aromatic nitrogens is 3. The molecule has 0 fully saturated rings. The zero-order valence-corrected chi connectivity index (χ0v) is 7.09. The number of nitrogens with zero attached hydrogens (tertiary/aromatic N) is 3. The first-order valence-corrected chi connectivity index (χ1v) is 3.65. The summed E-state index contributed by atoms with van der Waals surface area (Å²) in [6.07, 6.45) is 1.24. The molecule has 72 valence electrons. The molecule has 0 amide bonds. The predicted octanol–water partition coefficient (Wildman–Crippen LogP) is -0.380. The highest BCUT2D eigenvalue weighted by Gasteiger charge is 2.19. The van der Waals surface area contributed by atoms with Gasteiger partial charge in [0.15, 0.2) is 0 Å². The minimum atomic E-state index is -1.31. The van der Waals surface area contributed by atoms with Crippen molar-refractivity contribution in [3.63, 3.8) is 0 Å². The number of rotatable bonds is 1. The molecule has 0 unspecified atom stereocenters. The third kappa shape index (κ3) is 0.987. The average molecular weight is 195 g/mol. The van der Waals surface area contributed by atoms with E-state index in [1.807, 2.05) is 0 Å². The van der Waals surface area contributed by atoms with E-state index >= 15 is 0 Å². The van der Waals surface area contributed by atoms with E-state index in [0.29, 0.717) is 0 Å². The molecule has 2 heterocycles. The number of fused-ring (bicyclic) bond motifs is 1. The van der Waals surface area contributed by atoms with Crippen LogP contribution in [0.5, 0.6) is 0 Å². The molecular weight excluding hydrogens is 190 g/mol. The van der Waals surface area contributed by atoms with Crippen LogP contribution in [0.4, 0.5) is 0 Å². The van der Waals surface area contributed by atoms with Crippen molar-refractivity contribution in [1.82, 2.24) is 14.7 Å². The molecule has 7 nitrogen and oxygen atoms in total. The Bertz CT molecular complexity index is 568. The molecule has 0 saturated heterocycles. The third-order valence-electron chi connectivity index (χ3n) is 1.76. The monoisotopic (exact) mass is 195 g/mol. The third-order valence-corrected chi connectivity index (χ3v) is 1.76. The van der Waals surface area contributed by atoms with Crippen molar-refractivity contribution in [2.45, 2.75) is 0 Å². The Labute approximate surface area is 76.6 Å². The van der Waals surface area contributed by atoms with Crippen LogP contribution in [0.2, 0.25) is 0 Å². The summed E-state index contributed by atoms with van der Waals surface area (Å²) in [5, 5.41) is 11.8. The number of aryl methyl sites for hydroxylation is 1. The molecule has 0 aliphatic rings. The van der Waals surface area contributed by atoms with Gasteiger partial charge in [-0.2, -0.15) is 0 Å². The quantitative estimate of drug-likeness (QED) is 0.665. The van der Waals surface area contributed by atoms with E-state index < -0.39 is 17.2 Å². The summed E-state index contributed by atoms with van der Waals surface area (Å²) in [7, 11) is 1.47. The fourth-order valence-corrected chi connectivity index (χ4v) is 1.08. The van der Waals surface area contributed by atoms with Gasteiger partial charge in [-0.05, 0) is 0 Å². The summed E-state index contributed by atoms with van der Waals surface area (Å²) in [5.74, 6) is -1.31. The number of carboxylic acid groups (broad SMARTS) is 1. The van der Waals surface area contributed by atoms with Crippen molar-refractivity contribution in [2.75, 3.05) is 0 Å². The molecule has 0 aromatic carbocycles. The first-order valence-electron chi connectivity index (χ1n) is 3.65. The van der Waals surface area contributed by atoms with E-state index in [-0.39, 0.29) is 11.1 Å². The summed E-state index contributed by atoms with van der Waals surface area (Å²) in [5.41, 5.74) is -0.965. The van der Waals surface area contributed by atoms with Crippen LogP contribution in [-0.2, 0) is 7.05 Å². The molecule has 0 bridgehead atoms. The summed E-state index contributed by atoms with van der Waals surface area (Å²) in [4.78, 5) is 25.8. The lowest BCUT2D eigenvalue weighted by molar-refractivity contribution is 0.0687. The molecule has 7 heteroatoms. The smallest absolute Gasteiger partial charge is 0.359 e. The van der Waals surface area contributed by atoms with Gasteiger partial charge >= 0.3 is 5.97 Å². The van der Waals surface area contributed by atoms with Gasteiger partial charge in [0.05, 0.1) is 0 Å². The van der Waals surface area contributed by atoms with E-state index in [1.54, 1.807) is 0 Å². The van der Waals surface area contributed by atoms with E-state index in [2.05, 4.69) is 14.7 Å². The Morgan fingerprint density at radius 2 is 2.36 bits per heavy atom. The van der Waals surface area contributed by atoms with Crippen molar-refractivity contribution in [1.29, 1.82) is 0 Å². The average Bonchev–Trinajstić information content (AvgIpc) is 2.55. The second-order valence-corrected chi connectivity index (χ2v) is 2.68. The van der Waals surface area contributed by atoms with Crippen LogP contribution in [0.25, 0.3) is 11.1 Å². The van der Waals surface area contributed by atoms with Crippen LogP contribution in [0, 0.1) is 0 Å².